The number of amides is 2. The molecule has 26 heavy (non-hydrogen) atoms. The molecule has 0 aliphatic rings. The molecular formula is C19H20Cl2N2O3. The van der Waals surface area contributed by atoms with E-state index in [4.69, 9.17) is 27.9 Å². The molecule has 0 spiro atoms. The lowest BCUT2D eigenvalue weighted by Gasteiger charge is -2.21. The van der Waals surface area contributed by atoms with Gasteiger partial charge in [-0.2, -0.15) is 0 Å². The summed E-state index contributed by atoms with van der Waals surface area (Å²) >= 11 is 12.0. The molecule has 0 aromatic heterocycles. The van der Waals surface area contributed by atoms with Crippen LogP contribution in [-0.4, -0.2) is 36.9 Å². The average Bonchev–Trinajstić information content (AvgIpc) is 2.61. The zero-order valence-corrected chi connectivity index (χ0v) is 16.1. The summed E-state index contributed by atoms with van der Waals surface area (Å²) in [6, 6.07) is 12.4. The van der Waals surface area contributed by atoms with E-state index in [0.29, 0.717) is 28.7 Å². The molecule has 0 saturated heterocycles. The summed E-state index contributed by atoms with van der Waals surface area (Å²) in [4.78, 5) is 25.6. The molecule has 5 nitrogen and oxygen atoms in total. The number of carbonyl (C=O) groups excluding carboxylic acids is 2. The van der Waals surface area contributed by atoms with Crippen LogP contribution < -0.4 is 10.1 Å². The highest BCUT2D eigenvalue weighted by Crippen LogP contribution is 2.25. The molecule has 0 fully saturated rings. The van der Waals surface area contributed by atoms with Gasteiger partial charge in [-0.25, -0.2) is 0 Å². The molecule has 0 radical (unpaired) electrons. The Kier molecular flexibility index (Phi) is 7.30. The second-order valence-corrected chi connectivity index (χ2v) is 6.56. The molecule has 2 rings (SSSR count). The van der Waals surface area contributed by atoms with Crippen molar-refractivity contribution in [3.63, 3.8) is 0 Å². The summed E-state index contributed by atoms with van der Waals surface area (Å²) in [6.07, 6.45) is 0.613. The van der Waals surface area contributed by atoms with Gasteiger partial charge in [0.2, 0.25) is 11.8 Å². The number of carbonyl (C=O) groups is 2. The summed E-state index contributed by atoms with van der Waals surface area (Å²) < 4.78 is 5.19. The van der Waals surface area contributed by atoms with E-state index in [0.717, 1.165) is 11.3 Å². The molecular weight excluding hydrogens is 375 g/mol. The van der Waals surface area contributed by atoms with Gasteiger partial charge in [-0.1, -0.05) is 35.3 Å². The van der Waals surface area contributed by atoms with E-state index in [9.17, 15) is 9.59 Å². The monoisotopic (exact) mass is 394 g/mol. The Labute approximate surface area is 162 Å². The predicted molar refractivity (Wildman–Crippen MR) is 104 cm³/mol. The third kappa shape index (κ3) is 5.93. The highest BCUT2D eigenvalue weighted by atomic mass is 35.5. The molecule has 2 aromatic rings. The van der Waals surface area contributed by atoms with Gasteiger partial charge in [0.25, 0.3) is 0 Å². The van der Waals surface area contributed by atoms with Crippen molar-refractivity contribution in [2.24, 2.45) is 0 Å². The fraction of sp³-hybridized carbons (Fsp3) is 0.263. The standard InChI is InChI=1S/C19H20Cl2N2O3/c1-13(24)23(9-8-14-4-3-5-16(10-14)26-2)12-19(25)22-18-11-15(20)6-7-17(18)21/h3-7,10-11H,8-9,12H2,1-2H3,(H,22,25). The SMILES string of the molecule is COc1cccc(CCN(CC(=O)Nc2cc(Cl)ccc2Cl)C(C)=O)c1. The van der Waals surface area contributed by atoms with E-state index < -0.39 is 0 Å². The minimum atomic E-state index is -0.338. The van der Waals surface area contributed by atoms with Crippen molar-refractivity contribution in [3.05, 3.63) is 58.1 Å². The third-order valence-corrected chi connectivity index (χ3v) is 4.35. The molecule has 0 heterocycles. The van der Waals surface area contributed by atoms with Gasteiger partial charge >= 0.3 is 0 Å². The maximum Gasteiger partial charge on any atom is 0.244 e. The first-order valence-corrected chi connectivity index (χ1v) is 8.78. The van der Waals surface area contributed by atoms with Crippen LogP contribution in [0.15, 0.2) is 42.5 Å². The van der Waals surface area contributed by atoms with Crippen molar-refractivity contribution in [2.45, 2.75) is 13.3 Å². The van der Waals surface area contributed by atoms with Crippen LogP contribution >= 0.6 is 23.2 Å². The van der Waals surface area contributed by atoms with Crippen LogP contribution in [0.5, 0.6) is 5.75 Å². The quantitative estimate of drug-likeness (QED) is 0.770. The zero-order valence-electron chi connectivity index (χ0n) is 14.6. The van der Waals surface area contributed by atoms with Gasteiger partial charge in [0.15, 0.2) is 0 Å². The number of halogens is 2. The topological polar surface area (TPSA) is 58.6 Å². The Morgan fingerprint density at radius 3 is 2.62 bits per heavy atom. The first-order valence-electron chi connectivity index (χ1n) is 8.02. The van der Waals surface area contributed by atoms with Gasteiger partial charge in [-0.15, -0.1) is 0 Å². The third-order valence-electron chi connectivity index (χ3n) is 3.79. The molecule has 0 aliphatic carbocycles. The minimum Gasteiger partial charge on any atom is -0.497 e. The fourth-order valence-corrected chi connectivity index (χ4v) is 2.73. The van der Waals surface area contributed by atoms with Gasteiger partial charge in [0.05, 0.1) is 24.4 Å². The van der Waals surface area contributed by atoms with E-state index in [1.807, 2.05) is 24.3 Å². The van der Waals surface area contributed by atoms with E-state index in [1.165, 1.54) is 11.8 Å². The second-order valence-electron chi connectivity index (χ2n) is 5.71. The molecule has 0 aliphatic heterocycles. The van der Waals surface area contributed by atoms with Crippen molar-refractivity contribution in [1.29, 1.82) is 0 Å². The first kappa shape index (κ1) is 20.1. The molecule has 2 aromatic carbocycles. The number of hydrogen-bond donors (Lipinski definition) is 1. The number of nitrogens with one attached hydrogen (secondary N) is 1. The molecule has 2 amide bonds. The summed E-state index contributed by atoms with van der Waals surface area (Å²) in [6.45, 7) is 1.78. The summed E-state index contributed by atoms with van der Waals surface area (Å²) in [5.41, 5.74) is 1.44. The van der Waals surface area contributed by atoms with Gasteiger partial charge in [0, 0.05) is 18.5 Å². The van der Waals surface area contributed by atoms with E-state index in [-0.39, 0.29) is 18.4 Å². The van der Waals surface area contributed by atoms with Crippen LogP contribution in [-0.2, 0) is 16.0 Å². The largest absolute Gasteiger partial charge is 0.497 e. The molecule has 0 saturated carbocycles. The Morgan fingerprint density at radius 2 is 1.92 bits per heavy atom. The summed E-state index contributed by atoms with van der Waals surface area (Å²) in [5, 5.41) is 3.53. The van der Waals surface area contributed by atoms with Crippen LogP contribution in [0, 0.1) is 0 Å². The molecule has 0 atom stereocenters. The van der Waals surface area contributed by atoms with Crippen LogP contribution in [0.3, 0.4) is 0 Å². The number of rotatable bonds is 7. The number of methoxy groups -OCH3 is 1. The van der Waals surface area contributed by atoms with Crippen molar-refractivity contribution in [1.82, 2.24) is 4.90 Å². The summed E-state index contributed by atoms with van der Waals surface area (Å²) in [5.74, 6) is 0.237. The smallest absolute Gasteiger partial charge is 0.244 e. The van der Waals surface area contributed by atoms with Crippen molar-refractivity contribution < 1.29 is 14.3 Å². The molecule has 7 heteroatoms. The summed E-state index contributed by atoms with van der Waals surface area (Å²) in [7, 11) is 1.60. The zero-order chi connectivity index (χ0) is 19.1. The Hall–Kier alpha value is -2.24. The van der Waals surface area contributed by atoms with Crippen molar-refractivity contribution in [2.75, 3.05) is 25.5 Å². The number of nitrogens with zero attached hydrogens (tertiary/aromatic N) is 1. The van der Waals surface area contributed by atoms with Crippen LogP contribution in [0.2, 0.25) is 10.0 Å². The van der Waals surface area contributed by atoms with Gasteiger partial charge in [-0.3, -0.25) is 9.59 Å². The van der Waals surface area contributed by atoms with Gasteiger partial charge in [-0.05, 0) is 42.3 Å². The molecule has 0 bridgehead atoms. The molecule has 138 valence electrons. The fourth-order valence-electron chi connectivity index (χ4n) is 2.40. The first-order chi connectivity index (χ1) is 12.4. The van der Waals surface area contributed by atoms with E-state index in [2.05, 4.69) is 5.32 Å². The highest BCUT2D eigenvalue weighted by molar-refractivity contribution is 6.35. The van der Waals surface area contributed by atoms with Crippen LogP contribution in [0.1, 0.15) is 12.5 Å². The van der Waals surface area contributed by atoms with Gasteiger partial charge < -0.3 is 15.0 Å². The average molecular weight is 395 g/mol. The lowest BCUT2D eigenvalue weighted by atomic mass is 10.1. The van der Waals surface area contributed by atoms with Crippen LogP contribution in [0.4, 0.5) is 5.69 Å². The van der Waals surface area contributed by atoms with Crippen molar-refractivity contribution in [3.8, 4) is 5.75 Å². The van der Waals surface area contributed by atoms with Gasteiger partial charge in [0.1, 0.15) is 5.75 Å². The normalized spacial score (nSPS) is 10.3. The predicted octanol–water partition coefficient (Wildman–Crippen LogP) is 4.03. The number of anilines is 1. The van der Waals surface area contributed by atoms with Crippen molar-refractivity contribution >= 4 is 40.7 Å². The maximum atomic E-state index is 12.3. The Bertz CT molecular complexity index is 796. The van der Waals surface area contributed by atoms with Crippen LogP contribution in [0.25, 0.3) is 0 Å². The van der Waals surface area contributed by atoms with E-state index >= 15 is 0 Å². The lowest BCUT2D eigenvalue weighted by Crippen LogP contribution is -2.38. The Balaban J connectivity index is 1.97. The Morgan fingerprint density at radius 1 is 1.15 bits per heavy atom. The lowest BCUT2D eigenvalue weighted by molar-refractivity contribution is -0.132. The second kappa shape index (κ2) is 9.46. The highest BCUT2D eigenvalue weighted by Gasteiger charge is 2.15. The maximum absolute atomic E-state index is 12.3. The minimum absolute atomic E-state index is 0.0673. The molecule has 0 unspecified atom stereocenters. The number of ether oxygens (including phenoxy) is 1. The van der Waals surface area contributed by atoms with E-state index in [1.54, 1.807) is 25.3 Å². The number of hydrogen-bond acceptors (Lipinski definition) is 3. The number of benzene rings is 2. The molecule has 1 N–H and O–H groups in total.